The van der Waals surface area contributed by atoms with Gasteiger partial charge in [0.1, 0.15) is 45.9 Å². The Balaban J connectivity index is 0.0000000982. The Hall–Kier alpha value is -13.3. The van der Waals surface area contributed by atoms with Gasteiger partial charge in [0.05, 0.1) is 67.8 Å². The summed E-state index contributed by atoms with van der Waals surface area (Å²) < 4.78 is 145. The molecule has 6 aliphatic heterocycles. The number of halogens is 10. The summed E-state index contributed by atoms with van der Waals surface area (Å²) >= 11 is 0. The van der Waals surface area contributed by atoms with E-state index in [0.717, 1.165) is 177 Å². The lowest BCUT2D eigenvalue weighted by molar-refractivity contribution is -0.0222. The van der Waals surface area contributed by atoms with E-state index >= 15 is 0 Å². The number of anilines is 6. The Kier molecular flexibility index (Phi) is 22.4. The zero-order valence-corrected chi connectivity index (χ0v) is 67.9. The van der Waals surface area contributed by atoms with Crippen LogP contribution >= 0.6 is 0 Å². The number of benzene rings is 6. The summed E-state index contributed by atoms with van der Waals surface area (Å²) in [4.78, 5) is 65.7. The summed E-state index contributed by atoms with van der Waals surface area (Å²) in [5, 5.41) is 9.58. The number of aliphatic hydroxyl groups is 1. The smallest absolute Gasteiger partial charge is 0.265 e. The van der Waals surface area contributed by atoms with Gasteiger partial charge >= 0.3 is 0 Å². The van der Waals surface area contributed by atoms with Crippen LogP contribution in [-0.4, -0.2) is 188 Å². The average molecular weight is 1710 g/mol. The fraction of sp³-hybridized carbons (Fsp3) is 0.333. The lowest BCUT2D eigenvalue weighted by atomic mass is 10.1. The van der Waals surface area contributed by atoms with E-state index in [9.17, 15) is 49.0 Å². The molecule has 0 spiro atoms. The highest BCUT2D eigenvalue weighted by Crippen LogP contribution is 2.35. The molecule has 6 aliphatic rings. The van der Waals surface area contributed by atoms with Crippen molar-refractivity contribution in [3.05, 3.63) is 218 Å². The first-order valence-electron chi connectivity index (χ1n) is 42.3. The van der Waals surface area contributed by atoms with Gasteiger partial charge in [-0.25, -0.2) is 73.8 Å². The van der Waals surface area contributed by atoms with Gasteiger partial charge in [0, 0.05) is 141 Å². The molecule has 6 saturated heterocycles. The van der Waals surface area contributed by atoms with E-state index in [1.807, 2.05) is 152 Å². The number of imidazole rings is 6. The molecule has 0 bridgehead atoms. The molecule has 6 aromatic carbocycles. The van der Waals surface area contributed by atoms with Crippen LogP contribution in [0.3, 0.4) is 0 Å². The Morgan fingerprint density at radius 1 is 0.272 bits per heavy atom. The lowest BCUT2D eigenvalue weighted by Crippen LogP contribution is -2.43. The van der Waals surface area contributed by atoms with Crippen molar-refractivity contribution < 1.29 is 49.0 Å². The van der Waals surface area contributed by atoms with Gasteiger partial charge in [-0.15, -0.1) is 0 Å². The van der Waals surface area contributed by atoms with Crippen molar-refractivity contribution in [3.63, 3.8) is 0 Å². The Bertz CT molecular complexity index is 6940. The molecule has 125 heavy (non-hydrogen) atoms. The van der Waals surface area contributed by atoms with E-state index in [0.29, 0.717) is 88.6 Å². The first-order chi connectivity index (χ1) is 60.8. The van der Waals surface area contributed by atoms with E-state index < -0.39 is 46.7 Å². The number of nitrogens with zero attached hydrogens (tertiary/aromatic N) is 24. The van der Waals surface area contributed by atoms with Crippen molar-refractivity contribution in [2.45, 2.75) is 114 Å². The summed E-state index contributed by atoms with van der Waals surface area (Å²) in [5.74, 6) is -2.55. The number of fused-ring (bicyclic) bond motifs is 18. The molecule has 0 atom stereocenters. The molecule has 35 heteroatoms. The molecule has 12 aromatic heterocycles. The molecule has 24 rings (SSSR count). The quantitative estimate of drug-likeness (QED) is 0.153. The molecular weight excluding hydrogens is 1620 g/mol. The summed E-state index contributed by atoms with van der Waals surface area (Å²) in [6.07, 6.45) is 23.5. The molecule has 25 nitrogen and oxygen atoms in total. The number of alkyl halides is 4. The summed E-state index contributed by atoms with van der Waals surface area (Å²) in [6, 6.07) is 42.4. The molecule has 0 amide bonds. The molecule has 1 N–H and O–H groups in total. The van der Waals surface area contributed by atoms with E-state index in [4.69, 9.17) is 0 Å². The van der Waals surface area contributed by atoms with Crippen LogP contribution in [0.15, 0.2) is 183 Å². The number of aliphatic hydroxyl groups excluding tert-OH is 1. The second-order valence-electron chi connectivity index (χ2n) is 32.2. The number of hydrogen-bond acceptors (Lipinski definition) is 19. The SMILES string of the molecule is FC1(F)CCCN(c2ccn3c(n2)nc2ccccc23)C1.FC1(F)CCN(c2ccn3c(n2)nc2ccccc23)CC1.Fc1cc2nc3nc(N4CCCCC4)ccn3c2cc1F.Fc1ccc2c(nc3nc(N4CCCCC4)ccn32)c1F.Fc1ccc2nc3nc(N4CCCCC4)ccn3c2c1F.OC1CCN(c2ccn3c(n2)nc2ccccc23)CC1. The van der Waals surface area contributed by atoms with Crippen molar-refractivity contribution >= 4 is 136 Å². The highest BCUT2D eigenvalue weighted by molar-refractivity contribution is 5.85. The zero-order chi connectivity index (χ0) is 85.6. The summed E-state index contributed by atoms with van der Waals surface area (Å²) in [7, 11) is 0. The second-order valence-corrected chi connectivity index (χ2v) is 32.2. The number of rotatable bonds is 6. The van der Waals surface area contributed by atoms with Crippen LogP contribution in [0.2, 0.25) is 0 Å². The maximum absolute atomic E-state index is 13.9. The van der Waals surface area contributed by atoms with Gasteiger partial charge in [-0.3, -0.25) is 26.4 Å². The Morgan fingerprint density at radius 2 is 0.624 bits per heavy atom. The third-order valence-electron chi connectivity index (χ3n) is 23.8. The highest BCUT2D eigenvalue weighted by atomic mass is 19.3. The molecule has 6 fully saturated rings. The maximum Gasteiger partial charge on any atom is 0.265 e. The monoisotopic (exact) mass is 1710 g/mol. The first-order valence-corrected chi connectivity index (χ1v) is 42.3. The van der Waals surface area contributed by atoms with Crippen LogP contribution in [-0.2, 0) is 0 Å². The molecule has 0 radical (unpaired) electrons. The molecule has 0 saturated carbocycles. The van der Waals surface area contributed by atoms with Gasteiger partial charge in [-0.2, -0.15) is 29.9 Å². The van der Waals surface area contributed by atoms with E-state index in [1.54, 1.807) is 26.0 Å². The van der Waals surface area contributed by atoms with Crippen molar-refractivity contribution in [2.75, 3.05) is 108 Å². The number of aromatic nitrogens is 18. The molecule has 642 valence electrons. The minimum atomic E-state index is -2.63. The molecular formula is C90H86F10N24O. The Morgan fingerprint density at radius 3 is 1.09 bits per heavy atom. The number of hydrogen-bond donors (Lipinski definition) is 1. The normalized spacial score (nSPS) is 17.0. The lowest BCUT2D eigenvalue weighted by Gasteiger charge is -2.33. The third kappa shape index (κ3) is 16.9. The van der Waals surface area contributed by atoms with Crippen molar-refractivity contribution in [2.24, 2.45) is 0 Å². The van der Waals surface area contributed by atoms with Gasteiger partial charge in [0.15, 0.2) is 34.9 Å². The largest absolute Gasteiger partial charge is 0.393 e. The van der Waals surface area contributed by atoms with Gasteiger partial charge in [-0.05, 0) is 174 Å². The van der Waals surface area contributed by atoms with Crippen molar-refractivity contribution in [3.8, 4) is 0 Å². The standard InChI is InChI=1S/5C15H14F2N4.C15H16N4O/c16-15(17)7-3-8-20(10-15)13-6-9-21-12-5-2-1-4-11(12)18-14(21)19-13;16-10-4-5-11-14(13(10)17)19-15-18-12(6-9-21(11)15)20-7-2-1-3-8-20;16-10-4-5-11-14(13(10)17)21-9-6-12(19-15(21)18-11)20-7-2-1-3-8-20;16-10-8-12-13(9-11(10)17)21-7-4-14(19-15(21)18-12)20-5-2-1-3-6-20;16-15(17)6-9-20(10-7-15)13-5-8-21-12-4-2-1-3-11(12)18-14(21)19-13;20-11-5-8-18(9-6-11)14-7-10-19-13-4-2-1-3-12(13)16-15(19)17-14/h1-2,4-6,9H,3,7-8,10H2;2*4-6,9H,1-3,7-8H2;4,7-9H,1-3,5-6H2;1-5,8H,6-7,9-10H2;1-4,7,10-11,20H,5-6,8-9H2. The Labute approximate surface area is 707 Å². The van der Waals surface area contributed by atoms with E-state index in [1.165, 1.54) is 48.6 Å². The van der Waals surface area contributed by atoms with Gasteiger partial charge < -0.3 is 34.5 Å². The first kappa shape index (κ1) is 81.3. The highest BCUT2D eigenvalue weighted by Gasteiger charge is 2.37. The molecule has 18 aromatic rings. The van der Waals surface area contributed by atoms with Crippen molar-refractivity contribution in [1.82, 2.24) is 86.2 Å². The minimum Gasteiger partial charge on any atom is -0.393 e. The summed E-state index contributed by atoms with van der Waals surface area (Å²) in [6.45, 7) is 8.61. The van der Waals surface area contributed by atoms with Crippen LogP contribution in [0, 0.1) is 34.9 Å². The van der Waals surface area contributed by atoms with Crippen LogP contribution in [0.25, 0.3) is 101 Å². The molecule has 0 unspecified atom stereocenters. The summed E-state index contributed by atoms with van der Waals surface area (Å²) in [5.41, 5.74) is 7.80. The number of piperidine rings is 6. The van der Waals surface area contributed by atoms with E-state index in [2.05, 4.69) is 79.4 Å². The van der Waals surface area contributed by atoms with Gasteiger partial charge in [0.2, 0.25) is 34.7 Å². The second kappa shape index (κ2) is 34.4. The predicted octanol–water partition coefficient (Wildman–Crippen LogP) is 17.5. The predicted molar refractivity (Wildman–Crippen MR) is 461 cm³/mol. The fourth-order valence-electron chi connectivity index (χ4n) is 17.2. The van der Waals surface area contributed by atoms with Crippen LogP contribution < -0.4 is 29.4 Å². The van der Waals surface area contributed by atoms with Gasteiger partial charge in [-0.1, -0.05) is 36.4 Å². The maximum atomic E-state index is 13.9. The topological polar surface area (TPSA) is 221 Å². The van der Waals surface area contributed by atoms with Crippen molar-refractivity contribution in [1.29, 1.82) is 0 Å². The molecule has 0 aliphatic carbocycles. The van der Waals surface area contributed by atoms with E-state index in [-0.39, 0.29) is 42.9 Å². The third-order valence-corrected chi connectivity index (χ3v) is 23.8. The fourth-order valence-corrected chi connectivity index (χ4v) is 17.2. The average Bonchev–Trinajstić information content (AvgIpc) is 1.63. The minimum absolute atomic E-state index is 0.0262. The zero-order valence-electron chi connectivity index (χ0n) is 67.9. The van der Waals surface area contributed by atoms with Gasteiger partial charge in [0.25, 0.3) is 11.8 Å². The van der Waals surface area contributed by atoms with Crippen LogP contribution in [0.4, 0.5) is 78.8 Å². The van der Waals surface area contributed by atoms with Crippen LogP contribution in [0.5, 0.6) is 0 Å². The van der Waals surface area contributed by atoms with Crippen LogP contribution in [0.1, 0.15) is 96.3 Å². The molecule has 18 heterocycles. The number of para-hydroxylation sites is 6.